The van der Waals surface area contributed by atoms with Gasteiger partial charge in [0.1, 0.15) is 17.4 Å². The van der Waals surface area contributed by atoms with Gasteiger partial charge >= 0.3 is 12.0 Å². The molecule has 114 valence electrons. The van der Waals surface area contributed by atoms with Crippen LogP contribution in [0, 0.1) is 11.6 Å². The van der Waals surface area contributed by atoms with E-state index in [1.54, 1.807) is 18.2 Å². The summed E-state index contributed by atoms with van der Waals surface area (Å²) in [7, 11) is 0. The van der Waals surface area contributed by atoms with E-state index in [2.05, 4.69) is 10.6 Å². The third-order valence-electron chi connectivity index (χ3n) is 2.53. The first kappa shape index (κ1) is 15.4. The van der Waals surface area contributed by atoms with E-state index in [-0.39, 0.29) is 11.4 Å². The van der Waals surface area contributed by atoms with Gasteiger partial charge in [-0.15, -0.1) is 0 Å². The Morgan fingerprint density at radius 3 is 2.50 bits per heavy atom. The molecule has 7 heteroatoms. The zero-order chi connectivity index (χ0) is 16.1. The Morgan fingerprint density at radius 2 is 1.82 bits per heavy atom. The predicted octanol–water partition coefficient (Wildman–Crippen LogP) is 3.53. The fourth-order valence-corrected chi connectivity index (χ4v) is 1.68. The SMILES string of the molecule is CC(=O)Oc1cccc(NC(=O)Nc2ccc(F)cc2F)c1. The summed E-state index contributed by atoms with van der Waals surface area (Å²) >= 11 is 0. The van der Waals surface area contributed by atoms with E-state index in [9.17, 15) is 18.4 Å². The van der Waals surface area contributed by atoms with Crippen molar-refractivity contribution in [1.82, 2.24) is 0 Å². The van der Waals surface area contributed by atoms with E-state index in [1.807, 2.05) is 0 Å². The van der Waals surface area contributed by atoms with Gasteiger partial charge in [-0.3, -0.25) is 4.79 Å². The van der Waals surface area contributed by atoms with Crippen molar-refractivity contribution >= 4 is 23.4 Å². The van der Waals surface area contributed by atoms with Gasteiger partial charge in [-0.1, -0.05) is 6.07 Å². The summed E-state index contributed by atoms with van der Waals surface area (Å²) in [6.07, 6.45) is 0. The summed E-state index contributed by atoms with van der Waals surface area (Å²) in [5.41, 5.74) is 0.189. The van der Waals surface area contributed by atoms with Gasteiger partial charge in [-0.05, 0) is 24.3 Å². The summed E-state index contributed by atoms with van der Waals surface area (Å²) in [5, 5.41) is 4.69. The van der Waals surface area contributed by atoms with Crippen molar-refractivity contribution in [2.45, 2.75) is 6.92 Å². The Morgan fingerprint density at radius 1 is 1.05 bits per heavy atom. The lowest BCUT2D eigenvalue weighted by Gasteiger charge is -2.09. The van der Waals surface area contributed by atoms with Crippen LogP contribution in [0.3, 0.4) is 0 Å². The van der Waals surface area contributed by atoms with Gasteiger partial charge in [-0.2, -0.15) is 0 Å². The number of ether oxygens (including phenoxy) is 1. The number of urea groups is 1. The van der Waals surface area contributed by atoms with Crippen LogP contribution >= 0.6 is 0 Å². The van der Waals surface area contributed by atoms with Gasteiger partial charge in [0.05, 0.1) is 5.69 Å². The van der Waals surface area contributed by atoms with Gasteiger partial charge in [-0.25, -0.2) is 13.6 Å². The molecule has 0 aromatic heterocycles. The molecule has 2 N–H and O–H groups in total. The van der Waals surface area contributed by atoms with Crippen LogP contribution in [0.15, 0.2) is 42.5 Å². The number of amides is 2. The van der Waals surface area contributed by atoms with Gasteiger partial charge < -0.3 is 15.4 Å². The molecule has 2 amide bonds. The van der Waals surface area contributed by atoms with Gasteiger partial charge in [0, 0.05) is 24.7 Å². The summed E-state index contributed by atoms with van der Waals surface area (Å²) in [6.45, 7) is 1.25. The molecule has 0 radical (unpaired) electrons. The maximum atomic E-state index is 13.4. The Hall–Kier alpha value is -2.96. The van der Waals surface area contributed by atoms with Crippen LogP contribution in [0.4, 0.5) is 25.0 Å². The highest BCUT2D eigenvalue weighted by molar-refractivity contribution is 5.99. The second kappa shape index (κ2) is 6.66. The molecule has 0 spiro atoms. The number of carbonyl (C=O) groups excluding carboxylic acids is 2. The monoisotopic (exact) mass is 306 g/mol. The van der Waals surface area contributed by atoms with E-state index in [1.165, 1.54) is 13.0 Å². The molecule has 0 aliphatic rings. The highest BCUT2D eigenvalue weighted by Crippen LogP contribution is 2.19. The molecule has 0 aliphatic heterocycles. The molecule has 0 heterocycles. The Labute approximate surface area is 124 Å². The van der Waals surface area contributed by atoms with Gasteiger partial charge in [0.25, 0.3) is 0 Å². The van der Waals surface area contributed by atoms with Crippen LogP contribution in [0.2, 0.25) is 0 Å². The molecular formula is C15H12F2N2O3. The fourth-order valence-electron chi connectivity index (χ4n) is 1.68. The van der Waals surface area contributed by atoms with Crippen molar-refractivity contribution in [2.24, 2.45) is 0 Å². The van der Waals surface area contributed by atoms with Crippen LogP contribution in [-0.2, 0) is 4.79 Å². The third kappa shape index (κ3) is 4.27. The minimum atomic E-state index is -0.885. The zero-order valence-corrected chi connectivity index (χ0v) is 11.5. The largest absolute Gasteiger partial charge is 0.427 e. The second-order valence-corrected chi connectivity index (χ2v) is 4.32. The topological polar surface area (TPSA) is 67.4 Å². The maximum Gasteiger partial charge on any atom is 0.323 e. The molecule has 5 nitrogen and oxygen atoms in total. The molecule has 0 saturated carbocycles. The quantitative estimate of drug-likeness (QED) is 0.673. The molecular weight excluding hydrogens is 294 g/mol. The molecule has 2 rings (SSSR count). The van der Waals surface area contributed by atoms with E-state index in [4.69, 9.17) is 4.74 Å². The minimum Gasteiger partial charge on any atom is -0.427 e. The molecule has 0 aliphatic carbocycles. The standard InChI is InChI=1S/C15H12F2N2O3/c1-9(20)22-12-4-2-3-11(8-12)18-15(21)19-14-6-5-10(16)7-13(14)17/h2-8H,1H3,(H2,18,19,21). The summed E-state index contributed by atoms with van der Waals surface area (Å²) < 4.78 is 31.1. The van der Waals surface area contributed by atoms with Gasteiger partial charge in [0.15, 0.2) is 0 Å². The number of rotatable bonds is 3. The van der Waals surface area contributed by atoms with Crippen molar-refractivity contribution in [2.75, 3.05) is 10.6 Å². The Kier molecular flexibility index (Phi) is 4.67. The van der Waals surface area contributed by atoms with Crippen molar-refractivity contribution in [3.05, 3.63) is 54.1 Å². The molecule has 0 atom stereocenters. The fraction of sp³-hybridized carbons (Fsp3) is 0.0667. The smallest absolute Gasteiger partial charge is 0.323 e. The normalized spacial score (nSPS) is 9.95. The lowest BCUT2D eigenvalue weighted by Crippen LogP contribution is -2.20. The molecule has 0 bridgehead atoms. The molecule has 0 saturated heterocycles. The number of carbonyl (C=O) groups is 2. The number of benzene rings is 2. The van der Waals surface area contributed by atoms with E-state index >= 15 is 0 Å². The maximum absolute atomic E-state index is 13.4. The van der Waals surface area contributed by atoms with Gasteiger partial charge in [0.2, 0.25) is 0 Å². The first-order valence-electron chi connectivity index (χ1n) is 6.25. The number of anilines is 2. The molecule has 2 aromatic carbocycles. The zero-order valence-electron chi connectivity index (χ0n) is 11.5. The van der Waals surface area contributed by atoms with E-state index in [0.717, 1.165) is 12.1 Å². The summed E-state index contributed by atoms with van der Waals surface area (Å²) in [5.74, 6) is -1.85. The lowest BCUT2D eigenvalue weighted by molar-refractivity contribution is -0.131. The molecule has 0 unspecified atom stereocenters. The van der Waals surface area contributed by atoms with Crippen molar-refractivity contribution < 1.29 is 23.1 Å². The average molecular weight is 306 g/mol. The molecule has 2 aromatic rings. The van der Waals surface area contributed by atoms with Crippen LogP contribution < -0.4 is 15.4 Å². The van der Waals surface area contributed by atoms with Crippen LogP contribution in [-0.4, -0.2) is 12.0 Å². The summed E-state index contributed by atoms with van der Waals surface area (Å²) in [4.78, 5) is 22.6. The first-order chi connectivity index (χ1) is 10.4. The Balaban J connectivity index is 2.04. The number of halogens is 2. The number of hydrogen-bond donors (Lipinski definition) is 2. The number of nitrogens with one attached hydrogen (secondary N) is 2. The molecule has 0 fully saturated rings. The van der Waals surface area contributed by atoms with Crippen LogP contribution in [0.25, 0.3) is 0 Å². The highest BCUT2D eigenvalue weighted by atomic mass is 19.1. The average Bonchev–Trinajstić information content (AvgIpc) is 2.41. The van der Waals surface area contributed by atoms with Crippen LogP contribution in [0.1, 0.15) is 6.92 Å². The Bertz CT molecular complexity index is 720. The predicted molar refractivity (Wildman–Crippen MR) is 76.8 cm³/mol. The first-order valence-corrected chi connectivity index (χ1v) is 6.25. The van der Waals surface area contributed by atoms with Crippen molar-refractivity contribution in [3.8, 4) is 5.75 Å². The van der Waals surface area contributed by atoms with Crippen molar-refractivity contribution in [1.29, 1.82) is 0 Å². The second-order valence-electron chi connectivity index (χ2n) is 4.32. The number of esters is 1. The van der Waals surface area contributed by atoms with Crippen molar-refractivity contribution in [3.63, 3.8) is 0 Å². The molecule has 22 heavy (non-hydrogen) atoms. The van der Waals surface area contributed by atoms with E-state index in [0.29, 0.717) is 11.8 Å². The van der Waals surface area contributed by atoms with Crippen LogP contribution in [0.5, 0.6) is 5.75 Å². The highest BCUT2D eigenvalue weighted by Gasteiger charge is 2.08. The summed E-state index contributed by atoms with van der Waals surface area (Å²) in [6, 6.07) is 8.20. The minimum absolute atomic E-state index is 0.157. The third-order valence-corrected chi connectivity index (χ3v) is 2.53. The number of hydrogen-bond acceptors (Lipinski definition) is 3. The van der Waals surface area contributed by atoms with E-state index < -0.39 is 23.6 Å². The lowest BCUT2D eigenvalue weighted by atomic mass is 10.3.